The van der Waals surface area contributed by atoms with Crippen LogP contribution in [0.2, 0.25) is 0 Å². The van der Waals surface area contributed by atoms with E-state index in [9.17, 15) is 14.0 Å². The fraction of sp³-hybridized carbons (Fsp3) is 0.333. The molecule has 2 aliphatic rings. The number of fused-ring (bicyclic) bond motifs is 1. The van der Waals surface area contributed by atoms with Gasteiger partial charge in [0.15, 0.2) is 0 Å². The summed E-state index contributed by atoms with van der Waals surface area (Å²) in [6, 6.07) is 16.8. The number of aryl methyl sites for hydroxylation is 1. The molecule has 1 aliphatic heterocycles. The molecule has 5 nitrogen and oxygen atoms in total. The molecule has 1 fully saturated rings. The third-order valence-corrected chi connectivity index (χ3v) is 7.12. The molecule has 5 rings (SSSR count). The van der Waals surface area contributed by atoms with Gasteiger partial charge in [0.25, 0.3) is 0 Å². The van der Waals surface area contributed by atoms with Gasteiger partial charge in [-0.1, -0.05) is 48.5 Å². The Kier molecular flexibility index (Phi) is 7.31. The molecule has 0 spiro atoms. The molecule has 0 saturated carbocycles. The zero-order chi connectivity index (χ0) is 24.9. The zero-order valence-electron chi connectivity index (χ0n) is 20.3. The van der Waals surface area contributed by atoms with Crippen molar-refractivity contribution in [3.63, 3.8) is 0 Å². The molecule has 6 heteroatoms. The number of likely N-dealkylation sites (tertiary alicyclic amines) is 1. The first-order valence-electron chi connectivity index (χ1n) is 12.7. The van der Waals surface area contributed by atoms with E-state index in [2.05, 4.69) is 12.1 Å². The molecule has 2 atom stereocenters. The van der Waals surface area contributed by atoms with Gasteiger partial charge in [-0.05, 0) is 55.9 Å². The highest BCUT2D eigenvalue weighted by molar-refractivity contribution is 5.85. The van der Waals surface area contributed by atoms with Gasteiger partial charge in [0.1, 0.15) is 12.1 Å². The van der Waals surface area contributed by atoms with E-state index in [1.54, 1.807) is 6.07 Å². The lowest BCUT2D eigenvalue weighted by molar-refractivity contribution is -0.132. The summed E-state index contributed by atoms with van der Waals surface area (Å²) in [7, 11) is 0. The molecule has 2 aromatic carbocycles. The average molecular weight is 484 g/mol. The summed E-state index contributed by atoms with van der Waals surface area (Å²) >= 11 is 0. The minimum absolute atomic E-state index is 0.138. The van der Waals surface area contributed by atoms with Crippen LogP contribution >= 0.6 is 0 Å². The van der Waals surface area contributed by atoms with Crippen molar-refractivity contribution in [2.75, 3.05) is 13.1 Å². The number of rotatable bonds is 8. The third kappa shape index (κ3) is 5.27. The van der Waals surface area contributed by atoms with E-state index in [-0.39, 0.29) is 17.6 Å². The van der Waals surface area contributed by atoms with Crippen LogP contribution in [0.15, 0.2) is 54.6 Å². The van der Waals surface area contributed by atoms with Crippen molar-refractivity contribution >= 4 is 24.3 Å². The maximum absolute atomic E-state index is 14.0. The minimum atomic E-state index is -0.320. The van der Waals surface area contributed by atoms with E-state index in [1.807, 2.05) is 41.3 Å². The molecule has 2 heterocycles. The first kappa shape index (κ1) is 24.0. The number of carbonyl (C=O) groups is 2. The van der Waals surface area contributed by atoms with Gasteiger partial charge in [-0.2, -0.15) is 0 Å². The lowest BCUT2D eigenvalue weighted by Crippen LogP contribution is -2.41. The van der Waals surface area contributed by atoms with Crippen LogP contribution in [0.5, 0.6) is 0 Å². The Balaban J connectivity index is 1.40. The van der Waals surface area contributed by atoms with E-state index in [0.717, 1.165) is 49.7 Å². The van der Waals surface area contributed by atoms with Crippen molar-refractivity contribution in [1.29, 1.82) is 0 Å². The van der Waals surface area contributed by atoms with Crippen molar-refractivity contribution in [3.05, 3.63) is 82.4 Å². The molecule has 0 radical (unpaired) electrons. The summed E-state index contributed by atoms with van der Waals surface area (Å²) in [6.45, 7) is 1.51. The number of amides is 1. The van der Waals surface area contributed by atoms with Crippen LogP contribution in [0.4, 0.5) is 4.39 Å². The summed E-state index contributed by atoms with van der Waals surface area (Å²) in [4.78, 5) is 35.9. The van der Waals surface area contributed by atoms with Crippen molar-refractivity contribution < 1.29 is 14.0 Å². The summed E-state index contributed by atoms with van der Waals surface area (Å²) < 4.78 is 14.0. The summed E-state index contributed by atoms with van der Waals surface area (Å²) in [6.07, 6.45) is 9.10. The average Bonchev–Trinajstić information content (AvgIpc) is 3.41. The lowest BCUT2D eigenvalue weighted by Gasteiger charge is -2.22. The van der Waals surface area contributed by atoms with Gasteiger partial charge < -0.3 is 9.69 Å². The quantitative estimate of drug-likeness (QED) is 0.361. The maximum Gasteiger partial charge on any atom is 0.229 e. The third-order valence-electron chi connectivity index (χ3n) is 7.12. The van der Waals surface area contributed by atoms with Crippen LogP contribution in [0, 0.1) is 11.7 Å². The van der Waals surface area contributed by atoms with E-state index < -0.39 is 0 Å². The molecule has 3 aromatic rings. The second-order valence-corrected chi connectivity index (χ2v) is 9.61. The molecule has 1 amide bonds. The van der Waals surface area contributed by atoms with Crippen LogP contribution in [-0.2, 0) is 16.0 Å². The largest absolute Gasteiger partial charge is 0.342 e. The standard InChI is InChI=1S/C30H30FN3O2/c31-25-11-7-10-22(18-25)29-27(12-5-2-6-17-35)32-28-19-23(13-14-26(28)33-29)30(36)34-16-15-24(20-34)21-8-3-1-4-9-21/h1,3-4,7-11,14,17-19,23-24H,2,5-6,12-13,15-16,20H2. The highest BCUT2D eigenvalue weighted by atomic mass is 19.1. The van der Waals surface area contributed by atoms with Crippen LogP contribution in [0.3, 0.4) is 0 Å². The summed E-state index contributed by atoms with van der Waals surface area (Å²) in [5.74, 6) is -0.0655. The van der Waals surface area contributed by atoms with Gasteiger partial charge in [-0.15, -0.1) is 0 Å². The van der Waals surface area contributed by atoms with Crippen molar-refractivity contribution in [2.45, 2.75) is 44.4 Å². The molecular formula is C30H30FN3O2. The first-order chi connectivity index (χ1) is 17.6. The molecule has 184 valence electrons. The number of hydrogen-bond donors (Lipinski definition) is 0. The molecule has 1 aliphatic carbocycles. The number of hydrogen-bond acceptors (Lipinski definition) is 4. The topological polar surface area (TPSA) is 63.2 Å². The highest BCUT2D eigenvalue weighted by Gasteiger charge is 2.31. The normalized spacial score (nSPS) is 18.8. The van der Waals surface area contributed by atoms with Gasteiger partial charge in [0.05, 0.1) is 28.0 Å². The highest BCUT2D eigenvalue weighted by Crippen LogP contribution is 2.29. The molecule has 0 N–H and O–H groups in total. The lowest BCUT2D eigenvalue weighted by atomic mass is 9.97. The van der Waals surface area contributed by atoms with Gasteiger partial charge in [-0.3, -0.25) is 4.79 Å². The second-order valence-electron chi connectivity index (χ2n) is 9.61. The predicted octanol–water partition coefficient (Wildman–Crippen LogP) is 3.79. The van der Waals surface area contributed by atoms with E-state index >= 15 is 0 Å². The van der Waals surface area contributed by atoms with Crippen LogP contribution in [0.1, 0.15) is 49.3 Å². The number of benzene rings is 2. The molecular weight excluding hydrogens is 453 g/mol. The van der Waals surface area contributed by atoms with Gasteiger partial charge in [-0.25, -0.2) is 14.4 Å². The number of unbranched alkanes of at least 4 members (excludes halogenated alkanes) is 2. The number of halogens is 1. The maximum atomic E-state index is 14.0. The van der Waals surface area contributed by atoms with Gasteiger partial charge >= 0.3 is 0 Å². The van der Waals surface area contributed by atoms with Gasteiger partial charge in [0.2, 0.25) is 5.91 Å². The monoisotopic (exact) mass is 483 g/mol. The van der Waals surface area contributed by atoms with Crippen LogP contribution < -0.4 is 10.7 Å². The summed E-state index contributed by atoms with van der Waals surface area (Å²) in [5.41, 5.74) is 3.41. The fourth-order valence-corrected chi connectivity index (χ4v) is 5.19. The molecule has 36 heavy (non-hydrogen) atoms. The molecule has 2 unspecified atom stereocenters. The van der Waals surface area contributed by atoms with Crippen LogP contribution in [-0.4, -0.2) is 40.2 Å². The van der Waals surface area contributed by atoms with E-state index in [1.165, 1.54) is 17.7 Å². The number of aldehydes is 1. The number of carbonyl (C=O) groups excluding carboxylic acids is 2. The Morgan fingerprint density at radius 2 is 1.92 bits per heavy atom. The van der Waals surface area contributed by atoms with E-state index in [0.29, 0.717) is 41.8 Å². The zero-order valence-corrected chi connectivity index (χ0v) is 20.3. The predicted molar refractivity (Wildman–Crippen MR) is 138 cm³/mol. The minimum Gasteiger partial charge on any atom is -0.342 e. The molecule has 0 bridgehead atoms. The Morgan fingerprint density at radius 3 is 2.72 bits per heavy atom. The molecule has 1 saturated heterocycles. The Labute approximate surface area is 210 Å². The number of aromatic nitrogens is 2. The summed E-state index contributed by atoms with van der Waals surface area (Å²) in [5, 5.41) is 1.45. The van der Waals surface area contributed by atoms with Crippen LogP contribution in [0.25, 0.3) is 23.4 Å². The SMILES string of the molecule is O=CCCCCc1nc2c(nc1-c1cccc(F)c1)=CCC(C(=O)N1CCC(c3ccccc3)C1)C=2. The van der Waals surface area contributed by atoms with E-state index in [4.69, 9.17) is 9.97 Å². The second kappa shape index (κ2) is 10.9. The number of nitrogens with zero attached hydrogens (tertiary/aromatic N) is 3. The Hall–Kier alpha value is -3.67. The van der Waals surface area contributed by atoms with Crippen molar-refractivity contribution in [2.24, 2.45) is 5.92 Å². The van der Waals surface area contributed by atoms with Crippen molar-refractivity contribution in [3.8, 4) is 11.3 Å². The Morgan fingerprint density at radius 1 is 1.06 bits per heavy atom. The van der Waals surface area contributed by atoms with Gasteiger partial charge in [0, 0.05) is 31.0 Å². The molecule has 1 aromatic heterocycles. The first-order valence-corrected chi connectivity index (χ1v) is 12.7. The fourth-order valence-electron chi connectivity index (χ4n) is 5.19. The Bertz CT molecular complexity index is 1370. The smallest absolute Gasteiger partial charge is 0.229 e. The van der Waals surface area contributed by atoms with Crippen molar-refractivity contribution in [1.82, 2.24) is 14.9 Å².